The molecule has 54 heavy (non-hydrogen) atoms. The van der Waals surface area contributed by atoms with Crippen LogP contribution in [0.5, 0.6) is 0 Å². The van der Waals surface area contributed by atoms with E-state index in [1.54, 1.807) is 0 Å². The fraction of sp³-hybridized carbons (Fsp3) is 0.160. The van der Waals surface area contributed by atoms with Gasteiger partial charge in [0, 0.05) is 46.0 Å². The maximum absolute atomic E-state index is 4.81. The minimum absolute atomic E-state index is 0.130. The molecule has 4 nitrogen and oxygen atoms in total. The number of hydrogen-bond acceptors (Lipinski definition) is 4. The first-order chi connectivity index (χ1) is 26.3. The molecule has 262 valence electrons. The predicted octanol–water partition coefficient (Wildman–Crippen LogP) is 13.0. The van der Waals surface area contributed by atoms with Gasteiger partial charge >= 0.3 is 0 Å². The quantitative estimate of drug-likeness (QED) is 0.173. The number of benzene rings is 5. The van der Waals surface area contributed by atoms with E-state index in [1.165, 1.54) is 61.0 Å². The number of anilines is 5. The van der Waals surface area contributed by atoms with Gasteiger partial charge in [0.15, 0.2) is 0 Å². The Kier molecular flexibility index (Phi) is 7.28. The lowest BCUT2D eigenvalue weighted by atomic mass is 9.79. The van der Waals surface area contributed by atoms with E-state index in [0.29, 0.717) is 0 Å². The molecule has 4 heteroatoms. The lowest BCUT2D eigenvalue weighted by Gasteiger charge is -2.31. The summed E-state index contributed by atoms with van der Waals surface area (Å²) >= 11 is 0. The number of para-hydroxylation sites is 2. The summed E-state index contributed by atoms with van der Waals surface area (Å²) in [7, 11) is 0. The molecular formula is C50H42N4. The highest BCUT2D eigenvalue weighted by Gasteiger charge is 2.42. The van der Waals surface area contributed by atoms with Crippen molar-refractivity contribution in [2.45, 2.75) is 51.4 Å². The topological polar surface area (TPSA) is 32.3 Å². The third-order valence-corrected chi connectivity index (χ3v) is 12.1. The summed E-state index contributed by atoms with van der Waals surface area (Å²) in [6, 6.07) is 50.2. The Balaban J connectivity index is 1.12. The van der Waals surface area contributed by atoms with Crippen LogP contribution in [0.15, 0.2) is 169 Å². The molecule has 3 aliphatic carbocycles. The summed E-state index contributed by atoms with van der Waals surface area (Å²) < 4.78 is 0. The standard InChI is InChI=1S/C50H42N4/c1-49(2)41-27-25-38-37(47(41)39-23-21-35(31-43(39)49)53(33-15-7-5-8-16-33)45-19-11-13-29-51-45)26-28-42-48(38)40-24-22-36(32-44(40)50(42,3)4)54(34-17-9-6-10-18-34)46-20-12-14-30-52-46/h5-21,23,25-32H,22,24H2,1-4H3. The molecule has 0 aliphatic heterocycles. The van der Waals surface area contributed by atoms with Gasteiger partial charge in [-0.05, 0) is 135 Å². The van der Waals surface area contributed by atoms with Gasteiger partial charge in [-0.2, -0.15) is 0 Å². The summed E-state index contributed by atoms with van der Waals surface area (Å²) in [4.78, 5) is 14.2. The van der Waals surface area contributed by atoms with E-state index in [2.05, 4.69) is 171 Å². The normalized spacial score (nSPS) is 16.0. The summed E-state index contributed by atoms with van der Waals surface area (Å²) in [5.41, 5.74) is 15.5. The van der Waals surface area contributed by atoms with Crippen molar-refractivity contribution in [2.75, 3.05) is 9.80 Å². The Labute approximate surface area is 317 Å². The van der Waals surface area contributed by atoms with E-state index in [-0.39, 0.29) is 10.8 Å². The van der Waals surface area contributed by atoms with Gasteiger partial charge in [0.05, 0.1) is 0 Å². The van der Waals surface area contributed by atoms with Gasteiger partial charge < -0.3 is 0 Å². The van der Waals surface area contributed by atoms with Crippen molar-refractivity contribution in [2.24, 2.45) is 0 Å². The van der Waals surface area contributed by atoms with Crippen LogP contribution in [0.3, 0.4) is 0 Å². The number of nitrogens with zero attached hydrogens (tertiary/aromatic N) is 4. The lowest BCUT2D eigenvalue weighted by molar-refractivity contribution is 0.649. The van der Waals surface area contributed by atoms with Crippen LogP contribution in [0, 0.1) is 0 Å². The highest BCUT2D eigenvalue weighted by Crippen LogP contribution is 2.57. The third-order valence-electron chi connectivity index (χ3n) is 12.1. The molecule has 0 N–H and O–H groups in total. The molecule has 0 atom stereocenters. The van der Waals surface area contributed by atoms with Crippen LogP contribution in [0.4, 0.5) is 28.7 Å². The summed E-state index contributed by atoms with van der Waals surface area (Å²) in [5, 5.41) is 2.70. The highest BCUT2D eigenvalue weighted by molar-refractivity contribution is 6.09. The van der Waals surface area contributed by atoms with E-state index in [9.17, 15) is 0 Å². The number of hydrogen-bond donors (Lipinski definition) is 0. The van der Waals surface area contributed by atoms with Crippen molar-refractivity contribution in [1.29, 1.82) is 0 Å². The average Bonchev–Trinajstić information content (AvgIpc) is 3.59. The maximum Gasteiger partial charge on any atom is 0.137 e. The minimum Gasteiger partial charge on any atom is -0.299 e. The van der Waals surface area contributed by atoms with E-state index in [1.807, 2.05) is 24.5 Å². The monoisotopic (exact) mass is 698 g/mol. The summed E-state index contributed by atoms with van der Waals surface area (Å²) in [6.45, 7) is 9.57. The Bertz CT molecular complexity index is 2560. The first-order valence-electron chi connectivity index (χ1n) is 19.0. The first kappa shape index (κ1) is 32.4. The molecule has 0 fully saturated rings. The van der Waals surface area contributed by atoms with E-state index < -0.39 is 0 Å². The molecule has 7 aromatic rings. The van der Waals surface area contributed by atoms with Gasteiger partial charge in [-0.15, -0.1) is 0 Å². The molecule has 10 rings (SSSR count). The van der Waals surface area contributed by atoms with Gasteiger partial charge in [0.25, 0.3) is 0 Å². The van der Waals surface area contributed by atoms with E-state index in [4.69, 9.17) is 9.97 Å². The number of rotatable bonds is 6. The number of aromatic nitrogens is 2. The molecule has 0 amide bonds. The molecule has 0 radical (unpaired) electrons. The van der Waals surface area contributed by atoms with Crippen LogP contribution in [-0.2, 0) is 10.8 Å². The molecule has 3 aliphatic rings. The SMILES string of the molecule is CC1(C)C2=C(CCC(N(c3ccccc3)c3ccccn3)=C2)c2c1ccc1c3c(ccc21)C(C)(C)c1cc(N(c2ccccc2)c2ccccn2)ccc1-3. The molecule has 0 saturated carbocycles. The van der Waals surface area contributed by atoms with Crippen LogP contribution < -0.4 is 9.80 Å². The van der Waals surface area contributed by atoms with Crippen molar-refractivity contribution in [3.63, 3.8) is 0 Å². The molecule has 2 aromatic heterocycles. The van der Waals surface area contributed by atoms with Gasteiger partial charge in [0.2, 0.25) is 0 Å². The largest absolute Gasteiger partial charge is 0.299 e. The van der Waals surface area contributed by atoms with Crippen LogP contribution in [0.1, 0.15) is 62.8 Å². The van der Waals surface area contributed by atoms with Crippen molar-refractivity contribution >= 4 is 45.0 Å². The zero-order valence-electron chi connectivity index (χ0n) is 31.2. The van der Waals surface area contributed by atoms with Crippen LogP contribution in [0.25, 0.3) is 27.5 Å². The fourth-order valence-electron chi connectivity index (χ4n) is 9.45. The zero-order chi connectivity index (χ0) is 36.6. The Morgan fingerprint density at radius 2 is 1.06 bits per heavy atom. The van der Waals surface area contributed by atoms with Gasteiger partial charge in [-0.3, -0.25) is 9.80 Å². The second-order valence-electron chi connectivity index (χ2n) is 15.8. The number of fused-ring (bicyclic) bond motifs is 8. The van der Waals surface area contributed by atoms with Gasteiger partial charge in [0.1, 0.15) is 11.6 Å². The summed E-state index contributed by atoms with van der Waals surface area (Å²) in [6.07, 6.45) is 8.15. The van der Waals surface area contributed by atoms with Crippen molar-refractivity contribution < 1.29 is 0 Å². The molecule has 0 unspecified atom stereocenters. The third kappa shape index (κ3) is 4.83. The minimum atomic E-state index is -0.168. The predicted molar refractivity (Wildman–Crippen MR) is 224 cm³/mol. The molecule has 0 spiro atoms. The number of allylic oxidation sites excluding steroid dienone is 4. The Morgan fingerprint density at radius 3 is 1.69 bits per heavy atom. The van der Waals surface area contributed by atoms with Crippen molar-refractivity contribution in [3.05, 3.63) is 192 Å². The van der Waals surface area contributed by atoms with Crippen molar-refractivity contribution in [1.82, 2.24) is 9.97 Å². The van der Waals surface area contributed by atoms with Gasteiger partial charge in [-0.1, -0.05) is 107 Å². The first-order valence-corrected chi connectivity index (χ1v) is 19.0. The Hall–Kier alpha value is -6.26. The highest BCUT2D eigenvalue weighted by atomic mass is 15.2. The van der Waals surface area contributed by atoms with E-state index >= 15 is 0 Å². The fourth-order valence-corrected chi connectivity index (χ4v) is 9.45. The average molecular weight is 699 g/mol. The second-order valence-corrected chi connectivity index (χ2v) is 15.8. The van der Waals surface area contributed by atoms with Crippen LogP contribution in [-0.4, -0.2) is 9.97 Å². The molecule has 0 saturated heterocycles. The Morgan fingerprint density at radius 1 is 0.481 bits per heavy atom. The zero-order valence-corrected chi connectivity index (χ0v) is 31.2. The van der Waals surface area contributed by atoms with Crippen molar-refractivity contribution in [3.8, 4) is 11.1 Å². The summed E-state index contributed by atoms with van der Waals surface area (Å²) in [5.74, 6) is 1.85. The molecule has 2 heterocycles. The molecule has 0 bridgehead atoms. The lowest BCUT2D eigenvalue weighted by Crippen LogP contribution is -2.22. The molecule has 5 aromatic carbocycles. The number of pyridine rings is 2. The molecular weight excluding hydrogens is 657 g/mol. The smallest absolute Gasteiger partial charge is 0.137 e. The maximum atomic E-state index is 4.81. The van der Waals surface area contributed by atoms with E-state index in [0.717, 1.165) is 41.5 Å². The van der Waals surface area contributed by atoms with Gasteiger partial charge in [-0.25, -0.2) is 9.97 Å². The van der Waals surface area contributed by atoms with Crippen LogP contribution in [0.2, 0.25) is 0 Å². The second kappa shape index (κ2) is 12.1. The van der Waals surface area contributed by atoms with Crippen LogP contribution >= 0.6 is 0 Å².